The molecule has 1 aliphatic rings. The first-order valence-electron chi connectivity index (χ1n) is 8.87. The fraction of sp³-hybridized carbons (Fsp3) is 0.190. The predicted octanol–water partition coefficient (Wildman–Crippen LogP) is 3.17. The van der Waals surface area contributed by atoms with E-state index in [1.54, 1.807) is 0 Å². The largest absolute Gasteiger partial charge is 0.378 e. The number of ether oxygens (including phenoxy) is 1. The van der Waals surface area contributed by atoms with Gasteiger partial charge in [0.1, 0.15) is 6.07 Å². The van der Waals surface area contributed by atoms with Gasteiger partial charge in [-0.3, -0.25) is 4.57 Å². The minimum Gasteiger partial charge on any atom is -0.378 e. The number of nitrogens with zero attached hydrogens (tertiary/aromatic N) is 5. The van der Waals surface area contributed by atoms with Gasteiger partial charge in [-0.1, -0.05) is 48.5 Å². The highest BCUT2D eigenvalue weighted by Gasteiger charge is 2.23. The number of para-hydroxylation sites is 1. The van der Waals surface area contributed by atoms with Crippen molar-refractivity contribution in [3.63, 3.8) is 0 Å². The molecule has 3 aromatic rings. The number of hydrogen-bond donors (Lipinski definition) is 0. The summed E-state index contributed by atoms with van der Waals surface area (Å²) in [7, 11) is 0. The smallest absolute Gasteiger partial charge is 0.232 e. The SMILES string of the molecule is N#C/C(=C\c1ccccc1)c1nnc(N2CCOCC2)n1-c1ccccc1. The lowest BCUT2D eigenvalue weighted by molar-refractivity contribution is 0.122. The van der Waals surface area contributed by atoms with Gasteiger partial charge in [0.25, 0.3) is 0 Å². The second kappa shape index (κ2) is 7.85. The van der Waals surface area contributed by atoms with E-state index in [2.05, 4.69) is 21.2 Å². The van der Waals surface area contributed by atoms with E-state index in [9.17, 15) is 5.26 Å². The molecule has 27 heavy (non-hydrogen) atoms. The normalized spacial score (nSPS) is 14.8. The van der Waals surface area contributed by atoms with Crippen molar-refractivity contribution in [2.24, 2.45) is 0 Å². The molecule has 134 valence electrons. The van der Waals surface area contributed by atoms with Gasteiger partial charge in [0.2, 0.25) is 5.95 Å². The molecule has 0 aliphatic carbocycles. The molecule has 1 aliphatic heterocycles. The van der Waals surface area contributed by atoms with Crippen molar-refractivity contribution in [3.8, 4) is 11.8 Å². The Hall–Kier alpha value is -3.43. The van der Waals surface area contributed by atoms with E-state index >= 15 is 0 Å². The molecule has 6 nitrogen and oxygen atoms in total. The van der Waals surface area contributed by atoms with Crippen LogP contribution in [0.2, 0.25) is 0 Å². The van der Waals surface area contributed by atoms with Gasteiger partial charge in [0.05, 0.1) is 24.5 Å². The standard InChI is InChI=1S/C21H19N5O/c22-16-18(15-17-7-3-1-4-8-17)20-23-24-21(25-11-13-27-14-12-25)26(20)19-9-5-2-6-10-19/h1-10,15H,11-14H2/b18-15+. The molecule has 6 heteroatoms. The van der Waals surface area contributed by atoms with Gasteiger partial charge in [-0.15, -0.1) is 10.2 Å². The Kier molecular flexibility index (Phi) is 4.95. The molecule has 1 saturated heterocycles. The van der Waals surface area contributed by atoms with Crippen LogP contribution < -0.4 is 4.90 Å². The molecule has 0 unspecified atom stereocenters. The van der Waals surface area contributed by atoms with Gasteiger partial charge in [-0.05, 0) is 23.8 Å². The zero-order chi connectivity index (χ0) is 18.5. The van der Waals surface area contributed by atoms with E-state index in [0.717, 1.165) is 30.3 Å². The van der Waals surface area contributed by atoms with Crippen molar-refractivity contribution in [1.82, 2.24) is 14.8 Å². The van der Waals surface area contributed by atoms with E-state index in [0.29, 0.717) is 24.6 Å². The molecule has 2 aromatic carbocycles. The van der Waals surface area contributed by atoms with Crippen LogP contribution in [0.4, 0.5) is 5.95 Å². The second-order valence-corrected chi connectivity index (χ2v) is 6.17. The summed E-state index contributed by atoms with van der Waals surface area (Å²) in [4.78, 5) is 2.14. The Balaban J connectivity index is 1.84. The fourth-order valence-corrected chi connectivity index (χ4v) is 3.10. The first kappa shape index (κ1) is 17.0. The Morgan fingerprint density at radius 1 is 0.963 bits per heavy atom. The Labute approximate surface area is 157 Å². The Morgan fingerprint density at radius 3 is 2.30 bits per heavy atom. The van der Waals surface area contributed by atoms with Crippen LogP contribution in [0.1, 0.15) is 11.4 Å². The number of benzene rings is 2. The summed E-state index contributed by atoms with van der Waals surface area (Å²) in [5, 5.41) is 18.6. The molecule has 0 amide bonds. The van der Waals surface area contributed by atoms with Crippen LogP contribution in [0.5, 0.6) is 0 Å². The number of morpholine rings is 1. The van der Waals surface area contributed by atoms with Crippen LogP contribution in [-0.2, 0) is 4.74 Å². The van der Waals surface area contributed by atoms with E-state index in [4.69, 9.17) is 4.74 Å². The van der Waals surface area contributed by atoms with Crippen LogP contribution in [0.25, 0.3) is 17.3 Å². The molecule has 0 radical (unpaired) electrons. The third-order valence-corrected chi connectivity index (χ3v) is 4.43. The van der Waals surface area contributed by atoms with Crippen LogP contribution in [-0.4, -0.2) is 41.1 Å². The number of nitriles is 1. The van der Waals surface area contributed by atoms with Crippen LogP contribution in [0.3, 0.4) is 0 Å². The average Bonchev–Trinajstić information content (AvgIpc) is 3.19. The summed E-state index contributed by atoms with van der Waals surface area (Å²) >= 11 is 0. The molecule has 0 spiro atoms. The maximum Gasteiger partial charge on any atom is 0.232 e. The zero-order valence-corrected chi connectivity index (χ0v) is 14.8. The lowest BCUT2D eigenvalue weighted by Gasteiger charge is -2.28. The number of aromatic nitrogens is 3. The molecular formula is C21H19N5O. The second-order valence-electron chi connectivity index (χ2n) is 6.17. The molecule has 2 heterocycles. The molecule has 4 rings (SSSR count). The fourth-order valence-electron chi connectivity index (χ4n) is 3.10. The van der Waals surface area contributed by atoms with Crippen LogP contribution >= 0.6 is 0 Å². The monoisotopic (exact) mass is 357 g/mol. The number of allylic oxidation sites excluding steroid dienone is 1. The number of anilines is 1. The molecular weight excluding hydrogens is 338 g/mol. The van der Waals surface area contributed by atoms with Crippen molar-refractivity contribution in [2.75, 3.05) is 31.2 Å². The van der Waals surface area contributed by atoms with Gasteiger partial charge in [0, 0.05) is 13.1 Å². The molecule has 0 N–H and O–H groups in total. The van der Waals surface area contributed by atoms with Gasteiger partial charge in [-0.25, -0.2) is 0 Å². The minimum atomic E-state index is 0.470. The highest BCUT2D eigenvalue weighted by atomic mass is 16.5. The van der Waals surface area contributed by atoms with Crippen molar-refractivity contribution in [2.45, 2.75) is 0 Å². The van der Waals surface area contributed by atoms with Crippen molar-refractivity contribution in [3.05, 3.63) is 72.1 Å². The van der Waals surface area contributed by atoms with E-state index < -0.39 is 0 Å². The summed E-state index contributed by atoms with van der Waals surface area (Å²) in [5.74, 6) is 1.27. The van der Waals surface area contributed by atoms with E-state index in [1.807, 2.05) is 71.3 Å². The molecule has 0 atom stereocenters. The summed E-state index contributed by atoms with van der Waals surface area (Å²) in [6, 6.07) is 21.9. The highest BCUT2D eigenvalue weighted by molar-refractivity contribution is 5.88. The number of rotatable bonds is 4. The maximum absolute atomic E-state index is 9.80. The molecule has 1 aromatic heterocycles. The third-order valence-electron chi connectivity index (χ3n) is 4.43. The molecule has 1 fully saturated rings. The first-order chi connectivity index (χ1) is 13.4. The summed E-state index contributed by atoms with van der Waals surface area (Å²) < 4.78 is 7.41. The van der Waals surface area contributed by atoms with E-state index in [1.165, 1.54) is 0 Å². The quantitative estimate of drug-likeness (QED) is 0.671. The number of hydrogen-bond acceptors (Lipinski definition) is 5. The summed E-state index contributed by atoms with van der Waals surface area (Å²) in [6.45, 7) is 2.80. The lowest BCUT2D eigenvalue weighted by atomic mass is 10.1. The predicted molar refractivity (Wildman–Crippen MR) is 104 cm³/mol. The third kappa shape index (κ3) is 3.59. The summed E-state index contributed by atoms with van der Waals surface area (Å²) in [5.41, 5.74) is 2.34. The van der Waals surface area contributed by atoms with Gasteiger partial charge in [0.15, 0.2) is 5.82 Å². The van der Waals surface area contributed by atoms with Crippen molar-refractivity contribution in [1.29, 1.82) is 5.26 Å². The Bertz CT molecular complexity index is 967. The van der Waals surface area contributed by atoms with Crippen LogP contribution in [0, 0.1) is 11.3 Å². The average molecular weight is 357 g/mol. The van der Waals surface area contributed by atoms with Gasteiger partial charge in [-0.2, -0.15) is 5.26 Å². The van der Waals surface area contributed by atoms with Crippen LogP contribution in [0.15, 0.2) is 60.7 Å². The lowest BCUT2D eigenvalue weighted by Crippen LogP contribution is -2.38. The van der Waals surface area contributed by atoms with Crippen molar-refractivity contribution < 1.29 is 4.74 Å². The topological polar surface area (TPSA) is 67.0 Å². The first-order valence-corrected chi connectivity index (χ1v) is 8.87. The van der Waals surface area contributed by atoms with Gasteiger partial charge >= 0.3 is 0 Å². The summed E-state index contributed by atoms with van der Waals surface area (Å²) in [6.07, 6.45) is 1.84. The zero-order valence-electron chi connectivity index (χ0n) is 14.8. The highest BCUT2D eigenvalue weighted by Crippen LogP contribution is 2.26. The minimum absolute atomic E-state index is 0.470. The van der Waals surface area contributed by atoms with Crippen molar-refractivity contribution >= 4 is 17.6 Å². The maximum atomic E-state index is 9.80. The van der Waals surface area contributed by atoms with Gasteiger partial charge < -0.3 is 9.64 Å². The molecule has 0 saturated carbocycles. The van der Waals surface area contributed by atoms with E-state index in [-0.39, 0.29) is 0 Å². The molecule has 0 bridgehead atoms. The Morgan fingerprint density at radius 2 is 1.63 bits per heavy atom.